The molecule has 0 radical (unpaired) electrons. The van der Waals surface area contributed by atoms with Crippen LogP contribution in [0.3, 0.4) is 0 Å². The Morgan fingerprint density at radius 3 is 2.67 bits per heavy atom. The number of rotatable bonds is 5. The summed E-state index contributed by atoms with van der Waals surface area (Å²) in [5, 5.41) is 3.49. The van der Waals surface area contributed by atoms with E-state index < -0.39 is 0 Å². The highest BCUT2D eigenvalue weighted by molar-refractivity contribution is 5.00. The lowest BCUT2D eigenvalue weighted by Crippen LogP contribution is -2.36. The number of terminal acetylenes is 1. The first-order chi connectivity index (χ1) is 5.77. The molecular formula is C11H19N. The molecule has 0 aliphatic heterocycles. The molecule has 1 fully saturated rings. The van der Waals surface area contributed by atoms with Crippen LogP contribution in [0.25, 0.3) is 0 Å². The van der Waals surface area contributed by atoms with Crippen LogP contribution in [0.2, 0.25) is 0 Å². The molecule has 1 N–H and O–H groups in total. The highest BCUT2D eigenvalue weighted by Gasteiger charge is 2.28. The predicted molar refractivity (Wildman–Crippen MR) is 52.9 cm³/mol. The second-order valence-corrected chi connectivity index (χ2v) is 3.80. The van der Waals surface area contributed by atoms with Crippen molar-refractivity contribution in [2.75, 3.05) is 0 Å². The van der Waals surface area contributed by atoms with Crippen LogP contribution in [-0.4, -0.2) is 12.1 Å². The first kappa shape index (κ1) is 9.61. The highest BCUT2D eigenvalue weighted by Crippen LogP contribution is 2.32. The molecule has 0 bridgehead atoms. The Labute approximate surface area is 75.9 Å². The molecule has 0 heterocycles. The fourth-order valence-corrected chi connectivity index (χ4v) is 1.55. The van der Waals surface area contributed by atoms with Crippen molar-refractivity contribution in [2.24, 2.45) is 5.92 Å². The van der Waals surface area contributed by atoms with E-state index in [9.17, 15) is 0 Å². The maximum absolute atomic E-state index is 5.42. The third kappa shape index (κ3) is 2.87. The van der Waals surface area contributed by atoms with Gasteiger partial charge in [0.25, 0.3) is 0 Å². The summed E-state index contributed by atoms with van der Waals surface area (Å²) in [5.74, 6) is 3.71. The molecule has 2 unspecified atom stereocenters. The molecule has 1 rings (SSSR count). The molecule has 1 nitrogen and oxygen atoms in total. The van der Waals surface area contributed by atoms with Crippen molar-refractivity contribution in [1.29, 1.82) is 0 Å². The van der Waals surface area contributed by atoms with Gasteiger partial charge in [-0.3, -0.25) is 0 Å². The molecule has 2 atom stereocenters. The van der Waals surface area contributed by atoms with Gasteiger partial charge in [0.1, 0.15) is 0 Å². The monoisotopic (exact) mass is 165 g/mol. The Balaban J connectivity index is 2.21. The van der Waals surface area contributed by atoms with E-state index in [1.54, 1.807) is 0 Å². The summed E-state index contributed by atoms with van der Waals surface area (Å²) in [6, 6.07) is 0.920. The first-order valence-electron chi connectivity index (χ1n) is 5.00. The molecule has 1 saturated carbocycles. The Kier molecular flexibility index (Phi) is 3.62. The van der Waals surface area contributed by atoms with Gasteiger partial charge in [0.2, 0.25) is 0 Å². The minimum absolute atomic E-state index is 0.297. The SMILES string of the molecule is C#CC(CCC)NC(C)C1CC1. The maximum Gasteiger partial charge on any atom is 0.0688 e. The van der Waals surface area contributed by atoms with Crippen molar-refractivity contribution in [3.8, 4) is 12.3 Å². The summed E-state index contributed by atoms with van der Waals surface area (Å²) in [6.07, 6.45) is 10.5. The lowest BCUT2D eigenvalue weighted by atomic mass is 10.1. The van der Waals surface area contributed by atoms with E-state index in [0.717, 1.165) is 12.3 Å². The van der Waals surface area contributed by atoms with Crippen LogP contribution in [0.15, 0.2) is 0 Å². The fraction of sp³-hybridized carbons (Fsp3) is 0.818. The third-order valence-electron chi connectivity index (χ3n) is 2.57. The summed E-state index contributed by atoms with van der Waals surface area (Å²) in [5.41, 5.74) is 0. The Morgan fingerprint density at radius 1 is 1.58 bits per heavy atom. The van der Waals surface area contributed by atoms with Crippen LogP contribution in [0.1, 0.15) is 39.5 Å². The van der Waals surface area contributed by atoms with Crippen molar-refractivity contribution in [3.63, 3.8) is 0 Å². The molecule has 68 valence electrons. The average Bonchev–Trinajstić information content (AvgIpc) is 2.85. The molecule has 1 aliphatic rings. The van der Waals surface area contributed by atoms with Crippen LogP contribution < -0.4 is 5.32 Å². The van der Waals surface area contributed by atoms with E-state index in [1.807, 2.05) is 0 Å². The second-order valence-electron chi connectivity index (χ2n) is 3.80. The zero-order valence-electron chi connectivity index (χ0n) is 8.14. The zero-order chi connectivity index (χ0) is 8.97. The topological polar surface area (TPSA) is 12.0 Å². The summed E-state index contributed by atoms with van der Waals surface area (Å²) in [4.78, 5) is 0. The van der Waals surface area contributed by atoms with Gasteiger partial charge in [0.15, 0.2) is 0 Å². The molecule has 0 spiro atoms. The molecule has 0 saturated heterocycles. The lowest BCUT2D eigenvalue weighted by molar-refractivity contribution is 0.445. The van der Waals surface area contributed by atoms with Gasteiger partial charge in [-0.05, 0) is 32.1 Å². The Bertz CT molecular complexity index is 164. The smallest absolute Gasteiger partial charge is 0.0688 e. The van der Waals surface area contributed by atoms with E-state index in [4.69, 9.17) is 6.42 Å². The summed E-state index contributed by atoms with van der Waals surface area (Å²) >= 11 is 0. The van der Waals surface area contributed by atoms with Gasteiger partial charge in [-0.25, -0.2) is 0 Å². The average molecular weight is 165 g/mol. The molecule has 0 aromatic rings. The maximum atomic E-state index is 5.42. The van der Waals surface area contributed by atoms with Gasteiger partial charge < -0.3 is 5.32 Å². The van der Waals surface area contributed by atoms with E-state index >= 15 is 0 Å². The number of hydrogen-bond acceptors (Lipinski definition) is 1. The molecule has 12 heavy (non-hydrogen) atoms. The largest absolute Gasteiger partial charge is 0.301 e. The molecule has 0 aromatic heterocycles. The molecule has 1 aliphatic carbocycles. The normalized spacial score (nSPS) is 21.4. The van der Waals surface area contributed by atoms with E-state index in [2.05, 4.69) is 25.1 Å². The summed E-state index contributed by atoms with van der Waals surface area (Å²) in [6.45, 7) is 4.42. The third-order valence-corrected chi connectivity index (χ3v) is 2.57. The Morgan fingerprint density at radius 2 is 2.25 bits per heavy atom. The Hall–Kier alpha value is -0.480. The lowest BCUT2D eigenvalue weighted by Gasteiger charge is -2.18. The van der Waals surface area contributed by atoms with Gasteiger partial charge in [-0.1, -0.05) is 19.3 Å². The van der Waals surface area contributed by atoms with Crippen LogP contribution in [0.4, 0.5) is 0 Å². The fourth-order valence-electron chi connectivity index (χ4n) is 1.55. The van der Waals surface area contributed by atoms with Crippen molar-refractivity contribution < 1.29 is 0 Å². The van der Waals surface area contributed by atoms with E-state index in [-0.39, 0.29) is 0 Å². The molecule has 1 heteroatoms. The van der Waals surface area contributed by atoms with Crippen LogP contribution in [0.5, 0.6) is 0 Å². The quantitative estimate of drug-likeness (QED) is 0.616. The summed E-state index contributed by atoms with van der Waals surface area (Å²) < 4.78 is 0. The van der Waals surface area contributed by atoms with Crippen molar-refractivity contribution in [1.82, 2.24) is 5.32 Å². The van der Waals surface area contributed by atoms with Gasteiger partial charge in [0.05, 0.1) is 6.04 Å². The second kappa shape index (κ2) is 4.52. The van der Waals surface area contributed by atoms with E-state index in [1.165, 1.54) is 19.3 Å². The molecule has 0 aromatic carbocycles. The number of hydrogen-bond donors (Lipinski definition) is 1. The van der Waals surface area contributed by atoms with Crippen molar-refractivity contribution >= 4 is 0 Å². The van der Waals surface area contributed by atoms with Crippen molar-refractivity contribution in [3.05, 3.63) is 0 Å². The zero-order valence-corrected chi connectivity index (χ0v) is 8.14. The number of nitrogens with one attached hydrogen (secondary N) is 1. The van der Waals surface area contributed by atoms with Crippen molar-refractivity contribution in [2.45, 2.75) is 51.6 Å². The highest BCUT2D eigenvalue weighted by atomic mass is 15.0. The van der Waals surface area contributed by atoms with Gasteiger partial charge in [-0.2, -0.15) is 0 Å². The standard InChI is InChI=1S/C11H19N/c1-4-6-11(5-2)12-9(3)10-7-8-10/h2,9-12H,4,6-8H2,1,3H3. The minimum atomic E-state index is 0.297. The van der Waals surface area contributed by atoms with Crippen LogP contribution >= 0.6 is 0 Å². The minimum Gasteiger partial charge on any atom is -0.301 e. The van der Waals surface area contributed by atoms with Gasteiger partial charge in [-0.15, -0.1) is 6.42 Å². The summed E-state index contributed by atoms with van der Waals surface area (Å²) in [7, 11) is 0. The van der Waals surface area contributed by atoms with Crippen LogP contribution in [-0.2, 0) is 0 Å². The first-order valence-corrected chi connectivity index (χ1v) is 5.00. The molecular weight excluding hydrogens is 146 g/mol. The van der Waals surface area contributed by atoms with E-state index in [0.29, 0.717) is 12.1 Å². The van der Waals surface area contributed by atoms with Gasteiger partial charge >= 0.3 is 0 Å². The predicted octanol–water partition coefficient (Wildman–Crippen LogP) is 2.18. The molecule has 0 amide bonds. The van der Waals surface area contributed by atoms with Crippen LogP contribution in [0, 0.1) is 18.3 Å². The van der Waals surface area contributed by atoms with Gasteiger partial charge in [0, 0.05) is 6.04 Å².